The molecule has 1 N–H and O–H groups in total. The van der Waals surface area contributed by atoms with Gasteiger partial charge in [-0.15, -0.1) is 0 Å². The molecule has 1 heterocycles. The molecule has 0 radical (unpaired) electrons. The molecular weight excluding hydrogens is 263 g/mol. The van der Waals surface area contributed by atoms with E-state index in [1.54, 1.807) is 12.1 Å². The van der Waals surface area contributed by atoms with Gasteiger partial charge in [-0.25, -0.2) is 13.9 Å². The second kappa shape index (κ2) is 4.67. The van der Waals surface area contributed by atoms with Gasteiger partial charge >= 0.3 is 0 Å². The fourth-order valence-corrected chi connectivity index (χ4v) is 2.53. The standard InChI is InChI=1S/C15H12ClFN2/c1-10-18-14-7-2-3-8-15(14)19(10)9-11-12(16)5-4-6-13(11)17/h2-8H,9H2,1H3/p+1. The van der Waals surface area contributed by atoms with E-state index in [-0.39, 0.29) is 5.82 Å². The van der Waals surface area contributed by atoms with Gasteiger partial charge in [0.15, 0.2) is 11.0 Å². The molecule has 96 valence electrons. The quantitative estimate of drug-likeness (QED) is 0.690. The molecule has 0 atom stereocenters. The number of hydrogen-bond acceptors (Lipinski definition) is 0. The Morgan fingerprint density at radius 2 is 1.95 bits per heavy atom. The Morgan fingerprint density at radius 1 is 1.16 bits per heavy atom. The number of hydrogen-bond donors (Lipinski definition) is 1. The number of nitrogens with zero attached hydrogens (tertiary/aromatic N) is 1. The van der Waals surface area contributed by atoms with E-state index >= 15 is 0 Å². The molecule has 2 nitrogen and oxygen atoms in total. The summed E-state index contributed by atoms with van der Waals surface area (Å²) in [5.74, 6) is 0.699. The fourth-order valence-electron chi connectivity index (χ4n) is 2.30. The average molecular weight is 276 g/mol. The highest BCUT2D eigenvalue weighted by Crippen LogP contribution is 2.19. The lowest BCUT2D eigenvalue weighted by Crippen LogP contribution is -2.36. The van der Waals surface area contributed by atoms with Crippen LogP contribution >= 0.6 is 11.6 Å². The lowest BCUT2D eigenvalue weighted by molar-refractivity contribution is -0.668. The third-order valence-electron chi connectivity index (χ3n) is 3.29. The van der Waals surface area contributed by atoms with Crippen molar-refractivity contribution in [3.8, 4) is 0 Å². The predicted molar refractivity (Wildman–Crippen MR) is 73.7 cm³/mol. The van der Waals surface area contributed by atoms with Crippen molar-refractivity contribution >= 4 is 22.6 Å². The zero-order valence-corrected chi connectivity index (χ0v) is 11.2. The van der Waals surface area contributed by atoms with E-state index in [2.05, 4.69) is 4.98 Å². The number of H-pyrrole nitrogens is 1. The molecule has 0 unspecified atom stereocenters. The number of nitrogens with one attached hydrogen (secondary N) is 1. The minimum atomic E-state index is -0.273. The fraction of sp³-hybridized carbons (Fsp3) is 0.133. The Hall–Kier alpha value is -1.87. The van der Waals surface area contributed by atoms with Gasteiger partial charge in [0, 0.05) is 12.5 Å². The van der Waals surface area contributed by atoms with Gasteiger partial charge in [-0.05, 0) is 24.3 Å². The van der Waals surface area contributed by atoms with Crippen molar-refractivity contribution in [1.29, 1.82) is 0 Å². The lowest BCUT2D eigenvalue weighted by atomic mass is 10.2. The molecule has 0 aliphatic heterocycles. The highest BCUT2D eigenvalue weighted by Gasteiger charge is 2.17. The first kappa shape index (κ1) is 12.2. The Labute approximate surface area is 115 Å². The molecule has 0 fully saturated rings. The van der Waals surface area contributed by atoms with Gasteiger partial charge in [-0.3, -0.25) is 0 Å². The summed E-state index contributed by atoms with van der Waals surface area (Å²) in [6, 6.07) is 12.7. The molecule has 3 rings (SSSR count). The summed E-state index contributed by atoms with van der Waals surface area (Å²) in [5, 5.41) is 0.456. The average Bonchev–Trinajstić information content (AvgIpc) is 2.70. The third kappa shape index (κ3) is 2.10. The van der Waals surface area contributed by atoms with Gasteiger partial charge in [0.25, 0.3) is 5.82 Å². The van der Waals surface area contributed by atoms with Gasteiger partial charge in [-0.1, -0.05) is 29.8 Å². The van der Waals surface area contributed by atoms with Crippen molar-refractivity contribution in [2.24, 2.45) is 0 Å². The minimum Gasteiger partial charge on any atom is -0.241 e. The Balaban J connectivity index is 2.13. The van der Waals surface area contributed by atoms with Crippen molar-refractivity contribution in [3.63, 3.8) is 0 Å². The number of halogens is 2. The summed E-state index contributed by atoms with van der Waals surface area (Å²) in [6.45, 7) is 2.39. The van der Waals surface area contributed by atoms with E-state index < -0.39 is 0 Å². The van der Waals surface area contributed by atoms with E-state index in [0.29, 0.717) is 17.1 Å². The zero-order chi connectivity index (χ0) is 13.4. The lowest BCUT2D eigenvalue weighted by Gasteiger charge is -2.04. The van der Waals surface area contributed by atoms with Crippen LogP contribution in [0.5, 0.6) is 0 Å². The van der Waals surface area contributed by atoms with Crippen LogP contribution in [-0.4, -0.2) is 4.98 Å². The molecule has 3 aromatic rings. The molecule has 0 aliphatic carbocycles. The monoisotopic (exact) mass is 275 g/mol. The first-order valence-electron chi connectivity index (χ1n) is 6.07. The second-order valence-electron chi connectivity index (χ2n) is 4.51. The molecular formula is C15H13ClFN2+. The van der Waals surface area contributed by atoms with Crippen LogP contribution in [0, 0.1) is 12.7 Å². The van der Waals surface area contributed by atoms with Crippen LogP contribution in [0.25, 0.3) is 11.0 Å². The number of benzene rings is 2. The first-order chi connectivity index (χ1) is 9.16. The molecule has 19 heavy (non-hydrogen) atoms. The number of aromatic amines is 1. The van der Waals surface area contributed by atoms with E-state index in [1.165, 1.54) is 6.07 Å². The van der Waals surface area contributed by atoms with Crippen molar-refractivity contribution in [1.82, 2.24) is 4.98 Å². The summed E-state index contributed by atoms with van der Waals surface area (Å²) in [4.78, 5) is 3.28. The Kier molecular flexibility index (Phi) is 2.99. The number of aromatic nitrogens is 2. The van der Waals surface area contributed by atoms with E-state index in [9.17, 15) is 4.39 Å². The molecule has 4 heteroatoms. The van der Waals surface area contributed by atoms with Crippen molar-refractivity contribution in [3.05, 3.63) is 64.7 Å². The van der Waals surface area contributed by atoms with E-state index in [4.69, 9.17) is 11.6 Å². The minimum absolute atomic E-state index is 0.273. The molecule has 0 amide bonds. The zero-order valence-electron chi connectivity index (χ0n) is 10.5. The molecule has 0 saturated heterocycles. The Morgan fingerprint density at radius 3 is 2.74 bits per heavy atom. The maximum Gasteiger partial charge on any atom is 0.252 e. The van der Waals surface area contributed by atoms with E-state index in [0.717, 1.165) is 16.9 Å². The molecule has 1 aromatic heterocycles. The van der Waals surface area contributed by atoms with Gasteiger partial charge in [-0.2, -0.15) is 0 Å². The van der Waals surface area contributed by atoms with Crippen LogP contribution in [0.15, 0.2) is 42.5 Å². The smallest absolute Gasteiger partial charge is 0.241 e. The van der Waals surface area contributed by atoms with Crippen molar-refractivity contribution < 1.29 is 8.96 Å². The highest BCUT2D eigenvalue weighted by atomic mass is 35.5. The SMILES string of the molecule is Cc1[nH]c2ccccc2[n+]1Cc1c(F)cccc1Cl. The number of imidazole rings is 1. The van der Waals surface area contributed by atoms with Gasteiger partial charge < -0.3 is 0 Å². The molecule has 0 saturated carbocycles. The number of rotatable bonds is 2. The van der Waals surface area contributed by atoms with E-state index in [1.807, 2.05) is 35.8 Å². The van der Waals surface area contributed by atoms with Gasteiger partial charge in [0.2, 0.25) is 0 Å². The van der Waals surface area contributed by atoms with Crippen LogP contribution in [0.1, 0.15) is 11.4 Å². The van der Waals surface area contributed by atoms with Gasteiger partial charge in [0.05, 0.1) is 5.02 Å². The molecule has 0 spiro atoms. The summed E-state index contributed by atoms with van der Waals surface area (Å²) in [6.07, 6.45) is 0. The van der Waals surface area contributed by atoms with Crippen LogP contribution in [0.4, 0.5) is 4.39 Å². The predicted octanol–water partition coefficient (Wildman–Crippen LogP) is 3.60. The number of para-hydroxylation sites is 2. The number of fused-ring (bicyclic) bond motifs is 1. The molecule has 0 bridgehead atoms. The molecule has 2 aromatic carbocycles. The largest absolute Gasteiger partial charge is 0.252 e. The maximum atomic E-state index is 13.9. The van der Waals surface area contributed by atoms with Crippen molar-refractivity contribution in [2.45, 2.75) is 13.5 Å². The Bertz CT molecular complexity index is 729. The maximum absolute atomic E-state index is 13.9. The summed E-state index contributed by atoms with van der Waals surface area (Å²) >= 11 is 6.09. The van der Waals surface area contributed by atoms with Crippen LogP contribution < -0.4 is 4.57 Å². The normalized spacial score (nSPS) is 11.1. The van der Waals surface area contributed by atoms with Crippen LogP contribution in [-0.2, 0) is 6.54 Å². The summed E-state index contributed by atoms with van der Waals surface area (Å²) in [7, 11) is 0. The van der Waals surface area contributed by atoms with Crippen LogP contribution in [0.2, 0.25) is 5.02 Å². The third-order valence-corrected chi connectivity index (χ3v) is 3.65. The van der Waals surface area contributed by atoms with Crippen LogP contribution in [0.3, 0.4) is 0 Å². The number of aryl methyl sites for hydroxylation is 1. The van der Waals surface area contributed by atoms with Gasteiger partial charge in [0.1, 0.15) is 12.4 Å². The summed E-state index contributed by atoms with van der Waals surface area (Å²) in [5.41, 5.74) is 2.59. The highest BCUT2D eigenvalue weighted by molar-refractivity contribution is 6.31. The first-order valence-corrected chi connectivity index (χ1v) is 6.44. The second-order valence-corrected chi connectivity index (χ2v) is 4.92. The van der Waals surface area contributed by atoms with Crippen molar-refractivity contribution in [2.75, 3.05) is 0 Å². The molecule has 0 aliphatic rings. The summed E-state index contributed by atoms with van der Waals surface area (Å²) < 4.78 is 15.9. The topological polar surface area (TPSA) is 19.7 Å².